The lowest BCUT2D eigenvalue weighted by Gasteiger charge is -2.22. The number of rotatable bonds is 7. The van der Waals surface area contributed by atoms with Crippen LogP contribution in [0.3, 0.4) is 0 Å². The summed E-state index contributed by atoms with van der Waals surface area (Å²) < 4.78 is 1.94. The number of unbranched alkanes of at least 4 members (excludes halogenated alkanes) is 2. The zero-order valence-corrected chi connectivity index (χ0v) is 11.6. The van der Waals surface area contributed by atoms with Crippen molar-refractivity contribution >= 4 is 0 Å². The van der Waals surface area contributed by atoms with E-state index in [1.807, 2.05) is 23.9 Å². The molecule has 1 rings (SSSR count). The zero-order valence-electron chi connectivity index (χ0n) is 11.6. The fraction of sp³-hybridized carbons (Fsp3) is 0.786. The van der Waals surface area contributed by atoms with E-state index in [0.29, 0.717) is 12.5 Å². The molecule has 0 aliphatic carbocycles. The first-order valence-electron chi connectivity index (χ1n) is 6.71. The van der Waals surface area contributed by atoms with E-state index in [2.05, 4.69) is 25.9 Å². The molecule has 1 aromatic heterocycles. The van der Waals surface area contributed by atoms with Crippen LogP contribution < -0.4 is 0 Å². The Kier molecular flexibility index (Phi) is 5.19. The Bertz CT molecular complexity index is 329. The lowest BCUT2D eigenvalue weighted by atomic mass is 9.93. The van der Waals surface area contributed by atoms with Crippen LogP contribution in [-0.2, 0) is 6.42 Å². The van der Waals surface area contributed by atoms with Crippen LogP contribution in [0.25, 0.3) is 0 Å². The molecule has 0 aliphatic rings. The van der Waals surface area contributed by atoms with Gasteiger partial charge in [-0.15, -0.1) is 0 Å². The van der Waals surface area contributed by atoms with E-state index in [9.17, 15) is 5.11 Å². The standard InChI is InChI=1S/C14H26N2O/c1-5-6-7-9-14(4,17)11-13-8-10-16(15-13)12(2)3/h8,10,12,17H,5-7,9,11H2,1-4H3. The van der Waals surface area contributed by atoms with Gasteiger partial charge in [0.1, 0.15) is 0 Å². The van der Waals surface area contributed by atoms with Gasteiger partial charge in [0, 0.05) is 18.7 Å². The highest BCUT2D eigenvalue weighted by Crippen LogP contribution is 2.19. The molecule has 98 valence electrons. The van der Waals surface area contributed by atoms with Gasteiger partial charge >= 0.3 is 0 Å². The second kappa shape index (κ2) is 6.20. The van der Waals surface area contributed by atoms with Crippen LogP contribution in [0.15, 0.2) is 12.3 Å². The van der Waals surface area contributed by atoms with Crippen molar-refractivity contribution in [2.75, 3.05) is 0 Å². The monoisotopic (exact) mass is 238 g/mol. The van der Waals surface area contributed by atoms with Gasteiger partial charge in [-0.25, -0.2) is 0 Å². The topological polar surface area (TPSA) is 38.0 Å². The summed E-state index contributed by atoms with van der Waals surface area (Å²) in [6.45, 7) is 8.31. The molecule has 0 saturated heterocycles. The van der Waals surface area contributed by atoms with Crippen LogP contribution in [0, 0.1) is 0 Å². The van der Waals surface area contributed by atoms with Crippen molar-refractivity contribution in [2.45, 2.75) is 71.4 Å². The van der Waals surface area contributed by atoms with Crippen molar-refractivity contribution in [1.29, 1.82) is 0 Å². The number of nitrogens with zero attached hydrogens (tertiary/aromatic N) is 2. The predicted octanol–water partition coefficient (Wildman–Crippen LogP) is 3.34. The summed E-state index contributed by atoms with van der Waals surface area (Å²) in [5.74, 6) is 0. The highest BCUT2D eigenvalue weighted by atomic mass is 16.3. The lowest BCUT2D eigenvalue weighted by molar-refractivity contribution is 0.0474. The van der Waals surface area contributed by atoms with Gasteiger partial charge < -0.3 is 5.11 Å². The predicted molar refractivity (Wildman–Crippen MR) is 71.1 cm³/mol. The summed E-state index contributed by atoms with van der Waals surface area (Å²) in [5, 5.41) is 14.8. The maximum atomic E-state index is 10.3. The minimum absolute atomic E-state index is 0.383. The van der Waals surface area contributed by atoms with E-state index in [4.69, 9.17) is 0 Å². The molecule has 3 heteroatoms. The Labute approximate surface area is 105 Å². The molecular weight excluding hydrogens is 212 g/mol. The molecular formula is C14H26N2O. The Morgan fingerprint density at radius 1 is 1.41 bits per heavy atom. The molecule has 1 aromatic rings. The fourth-order valence-electron chi connectivity index (χ4n) is 1.99. The Hall–Kier alpha value is -0.830. The quantitative estimate of drug-likeness (QED) is 0.740. The van der Waals surface area contributed by atoms with Crippen molar-refractivity contribution < 1.29 is 5.11 Å². The van der Waals surface area contributed by atoms with Gasteiger partial charge in [-0.3, -0.25) is 4.68 Å². The van der Waals surface area contributed by atoms with Gasteiger partial charge in [-0.2, -0.15) is 5.10 Å². The van der Waals surface area contributed by atoms with Crippen LogP contribution in [0.5, 0.6) is 0 Å². The third kappa shape index (κ3) is 4.90. The van der Waals surface area contributed by atoms with Crippen molar-refractivity contribution in [3.05, 3.63) is 18.0 Å². The van der Waals surface area contributed by atoms with E-state index in [0.717, 1.165) is 18.5 Å². The maximum Gasteiger partial charge on any atom is 0.0675 e. The van der Waals surface area contributed by atoms with E-state index in [1.165, 1.54) is 12.8 Å². The molecule has 0 aliphatic heterocycles. The fourth-order valence-corrected chi connectivity index (χ4v) is 1.99. The summed E-state index contributed by atoms with van der Waals surface area (Å²) in [4.78, 5) is 0. The molecule has 1 N–H and O–H groups in total. The second-order valence-electron chi connectivity index (χ2n) is 5.51. The molecule has 0 fully saturated rings. The van der Waals surface area contributed by atoms with Crippen molar-refractivity contribution in [2.24, 2.45) is 0 Å². The molecule has 1 heterocycles. The lowest BCUT2D eigenvalue weighted by Crippen LogP contribution is -2.27. The van der Waals surface area contributed by atoms with Crippen molar-refractivity contribution in [1.82, 2.24) is 9.78 Å². The smallest absolute Gasteiger partial charge is 0.0675 e. The minimum Gasteiger partial charge on any atom is -0.390 e. The Morgan fingerprint density at radius 2 is 2.12 bits per heavy atom. The van der Waals surface area contributed by atoms with Crippen LogP contribution in [0.1, 0.15) is 65.1 Å². The van der Waals surface area contributed by atoms with Crippen molar-refractivity contribution in [3.63, 3.8) is 0 Å². The van der Waals surface area contributed by atoms with E-state index >= 15 is 0 Å². The maximum absolute atomic E-state index is 10.3. The first-order chi connectivity index (χ1) is 7.94. The molecule has 0 radical (unpaired) electrons. The number of hydrogen-bond acceptors (Lipinski definition) is 2. The van der Waals surface area contributed by atoms with Gasteiger partial charge in [-0.05, 0) is 33.3 Å². The van der Waals surface area contributed by atoms with E-state index in [-0.39, 0.29) is 0 Å². The number of hydrogen-bond donors (Lipinski definition) is 1. The SMILES string of the molecule is CCCCCC(C)(O)Cc1ccn(C(C)C)n1. The molecule has 3 nitrogen and oxygen atoms in total. The average molecular weight is 238 g/mol. The molecule has 0 bridgehead atoms. The number of aromatic nitrogens is 2. The van der Waals surface area contributed by atoms with Crippen LogP contribution in [0.2, 0.25) is 0 Å². The molecule has 0 amide bonds. The third-order valence-electron chi connectivity index (χ3n) is 3.07. The molecule has 0 spiro atoms. The van der Waals surface area contributed by atoms with E-state index in [1.54, 1.807) is 0 Å². The van der Waals surface area contributed by atoms with Crippen molar-refractivity contribution in [3.8, 4) is 0 Å². The first kappa shape index (κ1) is 14.2. The molecule has 1 atom stereocenters. The third-order valence-corrected chi connectivity index (χ3v) is 3.07. The second-order valence-corrected chi connectivity index (χ2v) is 5.51. The van der Waals surface area contributed by atoms with Gasteiger partial charge in [0.05, 0.1) is 11.3 Å². The summed E-state index contributed by atoms with van der Waals surface area (Å²) in [6, 6.07) is 2.39. The molecule has 0 saturated carbocycles. The van der Waals surface area contributed by atoms with Crippen LogP contribution in [-0.4, -0.2) is 20.5 Å². The minimum atomic E-state index is -0.620. The van der Waals surface area contributed by atoms with E-state index < -0.39 is 5.60 Å². The Morgan fingerprint density at radius 3 is 2.65 bits per heavy atom. The first-order valence-corrected chi connectivity index (χ1v) is 6.71. The average Bonchev–Trinajstić information content (AvgIpc) is 2.65. The number of aliphatic hydroxyl groups is 1. The summed E-state index contributed by atoms with van der Waals surface area (Å²) >= 11 is 0. The Balaban J connectivity index is 2.50. The molecule has 17 heavy (non-hydrogen) atoms. The van der Waals surface area contributed by atoms with Gasteiger partial charge in [0.15, 0.2) is 0 Å². The zero-order chi connectivity index (χ0) is 12.9. The molecule has 1 unspecified atom stereocenters. The van der Waals surface area contributed by atoms with Gasteiger partial charge in [0.2, 0.25) is 0 Å². The summed E-state index contributed by atoms with van der Waals surface area (Å²) in [7, 11) is 0. The molecule has 0 aromatic carbocycles. The summed E-state index contributed by atoms with van der Waals surface area (Å²) in [6.07, 6.45) is 6.97. The normalized spacial score (nSPS) is 15.2. The highest BCUT2D eigenvalue weighted by Gasteiger charge is 2.21. The highest BCUT2D eigenvalue weighted by molar-refractivity contribution is 5.03. The largest absolute Gasteiger partial charge is 0.390 e. The summed E-state index contributed by atoms with van der Waals surface area (Å²) in [5.41, 5.74) is 0.367. The van der Waals surface area contributed by atoms with Crippen LogP contribution >= 0.6 is 0 Å². The van der Waals surface area contributed by atoms with Crippen LogP contribution in [0.4, 0.5) is 0 Å². The van der Waals surface area contributed by atoms with Gasteiger partial charge in [0.25, 0.3) is 0 Å². The van der Waals surface area contributed by atoms with Gasteiger partial charge in [-0.1, -0.05) is 26.2 Å².